The number of fused-ring (bicyclic) bond motifs is 1. The summed E-state index contributed by atoms with van der Waals surface area (Å²) in [4.78, 5) is 25.3. The van der Waals surface area contributed by atoms with Gasteiger partial charge in [-0.15, -0.1) is 11.3 Å². The number of hydrogen-bond donors (Lipinski definition) is 2. The summed E-state index contributed by atoms with van der Waals surface area (Å²) in [6.07, 6.45) is 1.80. The molecule has 5 nitrogen and oxygen atoms in total. The minimum absolute atomic E-state index is 0.168. The van der Waals surface area contributed by atoms with Crippen molar-refractivity contribution in [3.05, 3.63) is 51.1 Å². The molecule has 0 atom stereocenters. The molecule has 3 N–H and O–H groups in total. The van der Waals surface area contributed by atoms with Gasteiger partial charge in [0.15, 0.2) is 0 Å². The minimum Gasteiger partial charge on any atom is -0.464 e. The van der Waals surface area contributed by atoms with Crippen LogP contribution in [0.4, 0.5) is 5.00 Å². The lowest BCUT2D eigenvalue weighted by atomic mass is 9.95. The second-order valence-corrected chi connectivity index (χ2v) is 8.42. The Kier molecular flexibility index (Phi) is 5.11. The fourth-order valence-corrected chi connectivity index (χ4v) is 4.44. The highest BCUT2D eigenvalue weighted by Gasteiger charge is 2.20. The van der Waals surface area contributed by atoms with E-state index in [1.165, 1.54) is 22.5 Å². The van der Waals surface area contributed by atoms with E-state index in [0.717, 1.165) is 27.0 Å². The molecular formula is C21H24N2O3S. The summed E-state index contributed by atoms with van der Waals surface area (Å²) in [6, 6.07) is 4.12. The maximum absolute atomic E-state index is 12.6. The van der Waals surface area contributed by atoms with Crippen LogP contribution in [0.5, 0.6) is 0 Å². The molecule has 0 spiro atoms. The lowest BCUT2D eigenvalue weighted by Crippen LogP contribution is -2.18. The van der Waals surface area contributed by atoms with Crippen LogP contribution in [0.15, 0.2) is 22.8 Å². The van der Waals surface area contributed by atoms with Gasteiger partial charge in [-0.3, -0.25) is 9.59 Å². The van der Waals surface area contributed by atoms with Gasteiger partial charge in [-0.2, -0.15) is 0 Å². The first-order chi connectivity index (χ1) is 12.7. The number of rotatable bonds is 5. The fourth-order valence-electron chi connectivity index (χ4n) is 3.36. The van der Waals surface area contributed by atoms with E-state index >= 15 is 0 Å². The third kappa shape index (κ3) is 3.62. The summed E-state index contributed by atoms with van der Waals surface area (Å²) in [6.45, 7) is 10.1. The first-order valence-corrected chi connectivity index (χ1v) is 9.71. The smallest absolute Gasteiger partial charge is 0.251 e. The zero-order valence-electron chi connectivity index (χ0n) is 16.2. The predicted molar refractivity (Wildman–Crippen MR) is 110 cm³/mol. The van der Waals surface area contributed by atoms with Gasteiger partial charge in [0.1, 0.15) is 10.6 Å². The van der Waals surface area contributed by atoms with Crippen LogP contribution in [0.3, 0.4) is 0 Å². The summed E-state index contributed by atoms with van der Waals surface area (Å²) in [5, 5.41) is 4.30. The topological polar surface area (TPSA) is 85.3 Å². The Morgan fingerprint density at radius 3 is 2.56 bits per heavy atom. The van der Waals surface area contributed by atoms with Crippen LogP contribution in [0.2, 0.25) is 0 Å². The monoisotopic (exact) mass is 384 g/mol. The number of carbonyl (C=O) groups excluding carboxylic acids is 2. The van der Waals surface area contributed by atoms with Crippen molar-refractivity contribution in [2.75, 3.05) is 5.32 Å². The summed E-state index contributed by atoms with van der Waals surface area (Å²) in [7, 11) is 0. The van der Waals surface area contributed by atoms with Gasteiger partial charge in [-0.25, -0.2) is 0 Å². The van der Waals surface area contributed by atoms with E-state index in [1.54, 1.807) is 6.26 Å². The van der Waals surface area contributed by atoms with Gasteiger partial charge in [-0.1, -0.05) is 13.8 Å². The van der Waals surface area contributed by atoms with E-state index in [0.29, 0.717) is 16.5 Å². The maximum atomic E-state index is 12.6. The molecule has 0 bridgehead atoms. The van der Waals surface area contributed by atoms with Crippen molar-refractivity contribution in [3.8, 4) is 0 Å². The number of hydrogen-bond acceptors (Lipinski definition) is 4. The molecule has 3 rings (SSSR count). The molecule has 0 unspecified atom stereocenters. The molecule has 0 fully saturated rings. The van der Waals surface area contributed by atoms with Crippen molar-refractivity contribution in [2.24, 2.45) is 5.73 Å². The van der Waals surface area contributed by atoms with Gasteiger partial charge in [0.05, 0.1) is 18.2 Å². The highest BCUT2D eigenvalue weighted by Crippen LogP contribution is 2.33. The Morgan fingerprint density at radius 2 is 1.93 bits per heavy atom. The van der Waals surface area contributed by atoms with Gasteiger partial charge in [0.25, 0.3) is 5.91 Å². The van der Waals surface area contributed by atoms with E-state index < -0.39 is 5.91 Å². The summed E-state index contributed by atoms with van der Waals surface area (Å²) in [5.41, 5.74) is 10.7. The number of nitrogens with one attached hydrogen (secondary N) is 1. The van der Waals surface area contributed by atoms with Gasteiger partial charge < -0.3 is 15.5 Å². The average Bonchev–Trinajstić information content (AvgIpc) is 3.07. The Bertz CT molecular complexity index is 1040. The molecule has 0 aliphatic heterocycles. The van der Waals surface area contributed by atoms with Gasteiger partial charge >= 0.3 is 0 Å². The second-order valence-electron chi connectivity index (χ2n) is 7.20. The molecule has 0 aliphatic rings. The number of carbonyl (C=O) groups is 2. The summed E-state index contributed by atoms with van der Waals surface area (Å²) < 4.78 is 5.65. The first kappa shape index (κ1) is 19.2. The molecule has 0 aliphatic carbocycles. The molecule has 0 saturated carbocycles. The molecule has 142 valence electrons. The summed E-state index contributed by atoms with van der Waals surface area (Å²) in [5.74, 6) is -0.341. The zero-order valence-corrected chi connectivity index (χ0v) is 17.0. The van der Waals surface area contributed by atoms with Gasteiger partial charge in [0.2, 0.25) is 5.91 Å². The average molecular weight is 385 g/mol. The quantitative estimate of drug-likeness (QED) is 0.661. The highest BCUT2D eigenvalue weighted by molar-refractivity contribution is 7.16. The molecule has 6 heteroatoms. The lowest BCUT2D eigenvalue weighted by Gasteiger charge is -2.10. The molecule has 1 aromatic carbocycles. The number of nitrogens with two attached hydrogens (primary N) is 1. The van der Waals surface area contributed by atoms with E-state index in [-0.39, 0.29) is 12.3 Å². The third-order valence-corrected chi connectivity index (χ3v) is 6.02. The van der Waals surface area contributed by atoms with Crippen LogP contribution in [0, 0.1) is 20.8 Å². The number of thiophene rings is 1. The van der Waals surface area contributed by atoms with Crippen molar-refractivity contribution in [1.29, 1.82) is 0 Å². The van der Waals surface area contributed by atoms with Crippen molar-refractivity contribution >= 4 is 39.1 Å². The van der Waals surface area contributed by atoms with Crippen molar-refractivity contribution in [1.82, 2.24) is 0 Å². The molecule has 2 amide bonds. The van der Waals surface area contributed by atoms with E-state index in [9.17, 15) is 9.59 Å². The van der Waals surface area contributed by atoms with Gasteiger partial charge in [-0.05, 0) is 55.5 Å². The van der Waals surface area contributed by atoms with Crippen LogP contribution in [-0.4, -0.2) is 11.8 Å². The lowest BCUT2D eigenvalue weighted by molar-refractivity contribution is -0.115. The largest absolute Gasteiger partial charge is 0.464 e. The molecule has 3 aromatic rings. The second kappa shape index (κ2) is 7.19. The molecule has 0 saturated heterocycles. The van der Waals surface area contributed by atoms with Crippen LogP contribution >= 0.6 is 11.3 Å². The van der Waals surface area contributed by atoms with Crippen LogP contribution in [-0.2, 0) is 11.2 Å². The Morgan fingerprint density at radius 1 is 1.22 bits per heavy atom. The van der Waals surface area contributed by atoms with E-state index in [1.807, 2.05) is 19.9 Å². The van der Waals surface area contributed by atoms with E-state index in [4.69, 9.17) is 10.2 Å². The number of amides is 2. The van der Waals surface area contributed by atoms with Crippen molar-refractivity contribution < 1.29 is 14.0 Å². The van der Waals surface area contributed by atoms with Crippen LogP contribution in [0.25, 0.3) is 11.0 Å². The third-order valence-electron chi connectivity index (χ3n) is 4.90. The minimum atomic E-state index is -0.530. The number of benzene rings is 1. The molecule has 2 heterocycles. The Hall–Kier alpha value is -2.60. The first-order valence-electron chi connectivity index (χ1n) is 8.89. The molecule has 27 heavy (non-hydrogen) atoms. The van der Waals surface area contributed by atoms with Crippen molar-refractivity contribution in [3.63, 3.8) is 0 Å². The predicted octanol–water partition coefficient (Wildman–Crippen LogP) is 4.82. The summed E-state index contributed by atoms with van der Waals surface area (Å²) >= 11 is 1.37. The number of primary amides is 1. The Balaban J connectivity index is 1.88. The molecule has 0 radical (unpaired) electrons. The number of aryl methyl sites for hydroxylation is 2. The number of anilines is 1. The van der Waals surface area contributed by atoms with Crippen molar-refractivity contribution in [2.45, 2.75) is 47.0 Å². The highest BCUT2D eigenvalue weighted by atomic mass is 32.1. The zero-order chi connectivity index (χ0) is 19.9. The van der Waals surface area contributed by atoms with Crippen LogP contribution < -0.4 is 11.1 Å². The number of furan rings is 1. The Labute approximate surface area is 162 Å². The fraction of sp³-hybridized carbons (Fsp3) is 0.333. The molecule has 2 aromatic heterocycles. The van der Waals surface area contributed by atoms with Gasteiger partial charge in [0, 0.05) is 15.8 Å². The van der Waals surface area contributed by atoms with E-state index in [2.05, 4.69) is 32.2 Å². The normalized spacial score (nSPS) is 11.3. The standard InChI is InChI=1S/C21H24N2O3S/c1-10(2)15-8-16-14(9-26-17(16)6-11(15)3)7-18(24)23-21-19(20(22)25)12(4)13(5)27-21/h6,8-10H,7H2,1-5H3,(H2,22,25)(H,23,24). The maximum Gasteiger partial charge on any atom is 0.251 e. The SMILES string of the molecule is Cc1cc2occ(CC(=O)Nc3sc(C)c(C)c3C(N)=O)c2cc1C(C)C. The van der Waals surface area contributed by atoms with Crippen LogP contribution in [0.1, 0.15) is 57.3 Å². The molecular weight excluding hydrogens is 360 g/mol.